The van der Waals surface area contributed by atoms with Gasteiger partial charge in [-0.25, -0.2) is 9.78 Å². The number of hydrogen-bond donors (Lipinski definition) is 1. The molecule has 26 heavy (non-hydrogen) atoms. The van der Waals surface area contributed by atoms with Crippen LogP contribution in [0.3, 0.4) is 0 Å². The Bertz CT molecular complexity index is 858. The number of rotatable bonds is 6. The number of ether oxygens (including phenoxy) is 2. The zero-order valence-corrected chi connectivity index (χ0v) is 14.5. The summed E-state index contributed by atoms with van der Waals surface area (Å²) in [6.07, 6.45) is 0.215. The second-order valence-electron chi connectivity index (χ2n) is 5.02. The molecular formula is C16H14ClN3O6. The molecule has 10 heteroatoms. The maximum atomic E-state index is 12.3. The van der Waals surface area contributed by atoms with E-state index in [2.05, 4.69) is 10.3 Å². The molecule has 1 atom stereocenters. The van der Waals surface area contributed by atoms with Crippen molar-refractivity contribution in [2.45, 2.75) is 13.0 Å². The van der Waals surface area contributed by atoms with Crippen LogP contribution in [0.5, 0.6) is 5.75 Å². The molecule has 2 rings (SSSR count). The quantitative estimate of drug-likeness (QED) is 0.354. The summed E-state index contributed by atoms with van der Waals surface area (Å²) in [7, 11) is 1.35. The Morgan fingerprint density at radius 2 is 2.08 bits per heavy atom. The first kappa shape index (κ1) is 19.1. The lowest BCUT2D eigenvalue weighted by Crippen LogP contribution is -2.30. The molecule has 1 heterocycles. The minimum absolute atomic E-state index is 0.0155. The summed E-state index contributed by atoms with van der Waals surface area (Å²) in [5, 5.41) is 13.3. The lowest BCUT2D eigenvalue weighted by Gasteiger charge is -2.15. The number of aromatic nitrogens is 1. The second kappa shape index (κ2) is 8.26. The van der Waals surface area contributed by atoms with Crippen molar-refractivity contribution < 1.29 is 24.0 Å². The molecule has 1 aromatic carbocycles. The molecule has 1 N–H and O–H groups in total. The molecule has 2 aromatic rings. The van der Waals surface area contributed by atoms with Gasteiger partial charge in [-0.2, -0.15) is 0 Å². The third-order valence-corrected chi connectivity index (χ3v) is 3.58. The van der Waals surface area contributed by atoms with Gasteiger partial charge < -0.3 is 14.8 Å². The van der Waals surface area contributed by atoms with Crippen molar-refractivity contribution in [1.29, 1.82) is 0 Å². The van der Waals surface area contributed by atoms with Gasteiger partial charge in [0.25, 0.3) is 11.6 Å². The SMILES string of the molecule is COc1ccc([N+](=O)[O-])cc1NC(=O)[C@H](C)OC(=O)c1cccnc1Cl. The predicted molar refractivity (Wildman–Crippen MR) is 92.4 cm³/mol. The van der Waals surface area contributed by atoms with Crippen molar-refractivity contribution in [3.05, 3.63) is 57.4 Å². The number of pyridine rings is 1. The van der Waals surface area contributed by atoms with Crippen LogP contribution in [0, 0.1) is 10.1 Å². The van der Waals surface area contributed by atoms with E-state index in [-0.39, 0.29) is 27.8 Å². The normalized spacial score (nSPS) is 11.3. The third-order valence-electron chi connectivity index (χ3n) is 3.28. The lowest BCUT2D eigenvalue weighted by atomic mass is 10.2. The molecule has 0 fully saturated rings. The maximum Gasteiger partial charge on any atom is 0.342 e. The van der Waals surface area contributed by atoms with Gasteiger partial charge in [0.15, 0.2) is 6.10 Å². The van der Waals surface area contributed by atoms with Crippen LogP contribution in [0.25, 0.3) is 0 Å². The van der Waals surface area contributed by atoms with E-state index in [1.165, 1.54) is 44.5 Å². The molecule has 0 aliphatic carbocycles. The van der Waals surface area contributed by atoms with Gasteiger partial charge >= 0.3 is 5.97 Å². The fourth-order valence-corrected chi connectivity index (χ4v) is 2.15. The molecule has 0 aliphatic heterocycles. The van der Waals surface area contributed by atoms with E-state index in [9.17, 15) is 19.7 Å². The summed E-state index contributed by atoms with van der Waals surface area (Å²) in [5.41, 5.74) is -0.136. The van der Waals surface area contributed by atoms with Crippen molar-refractivity contribution >= 4 is 34.9 Å². The first-order chi connectivity index (χ1) is 12.3. The summed E-state index contributed by atoms with van der Waals surface area (Å²) in [4.78, 5) is 38.3. The number of halogens is 1. The van der Waals surface area contributed by atoms with Crippen molar-refractivity contribution in [1.82, 2.24) is 4.98 Å². The molecule has 9 nitrogen and oxygen atoms in total. The molecule has 0 saturated heterocycles. The number of amides is 1. The van der Waals surface area contributed by atoms with Gasteiger partial charge in [0.05, 0.1) is 23.3 Å². The minimum atomic E-state index is -1.19. The van der Waals surface area contributed by atoms with Crippen LogP contribution < -0.4 is 10.1 Å². The number of nitrogens with zero attached hydrogens (tertiary/aromatic N) is 2. The lowest BCUT2D eigenvalue weighted by molar-refractivity contribution is -0.384. The number of nitrogens with one attached hydrogen (secondary N) is 1. The smallest absolute Gasteiger partial charge is 0.342 e. The Morgan fingerprint density at radius 1 is 1.35 bits per heavy atom. The number of methoxy groups -OCH3 is 1. The third kappa shape index (κ3) is 4.45. The maximum absolute atomic E-state index is 12.3. The highest BCUT2D eigenvalue weighted by Gasteiger charge is 2.22. The fourth-order valence-electron chi connectivity index (χ4n) is 1.96. The summed E-state index contributed by atoms with van der Waals surface area (Å²) in [5.74, 6) is -1.30. The van der Waals surface area contributed by atoms with Gasteiger partial charge in [-0.1, -0.05) is 11.6 Å². The first-order valence-electron chi connectivity index (χ1n) is 7.28. The zero-order chi connectivity index (χ0) is 19.3. The molecule has 1 amide bonds. The Balaban J connectivity index is 2.12. The Labute approximate surface area is 153 Å². The number of carbonyl (C=O) groups excluding carboxylic acids is 2. The second-order valence-corrected chi connectivity index (χ2v) is 5.38. The van der Waals surface area contributed by atoms with Gasteiger partial charge in [-0.05, 0) is 25.1 Å². The van der Waals surface area contributed by atoms with E-state index in [1.54, 1.807) is 0 Å². The van der Waals surface area contributed by atoms with Gasteiger partial charge in [0, 0.05) is 18.3 Å². The highest BCUT2D eigenvalue weighted by Crippen LogP contribution is 2.29. The van der Waals surface area contributed by atoms with Crippen LogP contribution >= 0.6 is 11.6 Å². The van der Waals surface area contributed by atoms with Gasteiger partial charge in [-0.3, -0.25) is 14.9 Å². The zero-order valence-electron chi connectivity index (χ0n) is 13.8. The molecule has 0 unspecified atom stereocenters. The van der Waals surface area contributed by atoms with Crippen LogP contribution in [-0.4, -0.2) is 35.0 Å². The van der Waals surface area contributed by atoms with E-state index in [0.717, 1.165) is 6.07 Å². The average molecular weight is 380 g/mol. The average Bonchev–Trinajstić information content (AvgIpc) is 2.61. The Kier molecular flexibility index (Phi) is 6.07. The summed E-state index contributed by atoms with van der Waals surface area (Å²) in [6.45, 7) is 1.35. The van der Waals surface area contributed by atoms with Gasteiger partial charge in [-0.15, -0.1) is 0 Å². The van der Waals surface area contributed by atoms with Gasteiger partial charge in [0.2, 0.25) is 0 Å². The number of hydrogen-bond acceptors (Lipinski definition) is 7. The number of esters is 1. The summed E-state index contributed by atoms with van der Waals surface area (Å²) < 4.78 is 10.1. The molecular weight excluding hydrogens is 366 g/mol. The first-order valence-corrected chi connectivity index (χ1v) is 7.66. The molecule has 0 spiro atoms. The van der Waals surface area contributed by atoms with Gasteiger partial charge in [0.1, 0.15) is 10.9 Å². The molecule has 136 valence electrons. The number of nitro benzene ring substituents is 1. The van der Waals surface area contributed by atoms with Crippen molar-refractivity contribution in [3.8, 4) is 5.75 Å². The molecule has 0 aliphatic rings. The predicted octanol–water partition coefficient (Wildman–Crippen LogP) is 2.84. The summed E-state index contributed by atoms with van der Waals surface area (Å²) >= 11 is 5.81. The van der Waals surface area contributed by atoms with E-state index < -0.39 is 22.9 Å². The molecule has 0 radical (unpaired) electrons. The molecule has 0 bridgehead atoms. The largest absolute Gasteiger partial charge is 0.495 e. The van der Waals surface area contributed by atoms with Crippen LogP contribution in [0.1, 0.15) is 17.3 Å². The highest BCUT2D eigenvalue weighted by molar-refractivity contribution is 6.32. The topological polar surface area (TPSA) is 121 Å². The Hall–Kier alpha value is -3.20. The minimum Gasteiger partial charge on any atom is -0.495 e. The van der Waals surface area contributed by atoms with E-state index in [1.807, 2.05) is 0 Å². The highest BCUT2D eigenvalue weighted by atomic mass is 35.5. The number of non-ortho nitro benzene ring substituents is 1. The van der Waals surface area contributed by atoms with Crippen LogP contribution in [0.2, 0.25) is 5.15 Å². The summed E-state index contributed by atoms with van der Waals surface area (Å²) in [6, 6.07) is 6.64. The van der Waals surface area contributed by atoms with E-state index in [4.69, 9.17) is 21.1 Å². The van der Waals surface area contributed by atoms with Crippen LogP contribution in [-0.2, 0) is 9.53 Å². The molecule has 0 saturated carbocycles. The Morgan fingerprint density at radius 3 is 2.69 bits per heavy atom. The number of benzene rings is 1. The standard InChI is InChI=1S/C16H14ClN3O6/c1-9(26-16(22)11-4-3-7-18-14(11)17)15(21)19-12-8-10(20(23)24)5-6-13(12)25-2/h3-9H,1-2H3,(H,19,21)/t9-/m0/s1. The monoisotopic (exact) mass is 379 g/mol. The van der Waals surface area contributed by atoms with Crippen LogP contribution in [0.15, 0.2) is 36.5 Å². The van der Waals surface area contributed by atoms with Crippen LogP contribution in [0.4, 0.5) is 11.4 Å². The van der Waals surface area contributed by atoms with Crippen molar-refractivity contribution in [2.24, 2.45) is 0 Å². The van der Waals surface area contributed by atoms with Crippen molar-refractivity contribution in [2.75, 3.05) is 12.4 Å². The number of anilines is 1. The molecule has 1 aromatic heterocycles. The van der Waals surface area contributed by atoms with E-state index >= 15 is 0 Å². The van der Waals surface area contributed by atoms with Crippen molar-refractivity contribution in [3.63, 3.8) is 0 Å². The van der Waals surface area contributed by atoms with E-state index in [0.29, 0.717) is 0 Å². The fraction of sp³-hybridized carbons (Fsp3) is 0.188. The number of carbonyl (C=O) groups is 2. The number of nitro groups is 1.